The van der Waals surface area contributed by atoms with E-state index < -0.39 is 14.1 Å². The minimum atomic E-state index is -2.69. The van der Waals surface area contributed by atoms with Crippen LogP contribution in [0.3, 0.4) is 0 Å². The molecule has 0 radical (unpaired) electrons. The Morgan fingerprint density at radius 1 is 0.846 bits per heavy atom. The van der Waals surface area contributed by atoms with E-state index in [1.165, 1.54) is 15.9 Å². The number of ether oxygens (including phenoxy) is 2. The Hall–Kier alpha value is -2.32. The molecular formula is C33H46N2O3Si. The summed E-state index contributed by atoms with van der Waals surface area (Å²) in [5.41, 5.74) is 8.04. The van der Waals surface area contributed by atoms with Crippen LogP contribution in [0.1, 0.15) is 52.6 Å². The average molecular weight is 547 g/mol. The molecule has 0 bridgehead atoms. The van der Waals surface area contributed by atoms with Gasteiger partial charge < -0.3 is 19.6 Å². The van der Waals surface area contributed by atoms with Crippen molar-refractivity contribution in [1.82, 2.24) is 4.90 Å². The largest absolute Gasteiger partial charge is 0.405 e. The Kier molecular flexibility index (Phi) is 9.81. The number of likely N-dealkylation sites (tertiary alicyclic amines) is 1. The lowest BCUT2D eigenvalue weighted by molar-refractivity contribution is -0.264. The van der Waals surface area contributed by atoms with E-state index in [-0.39, 0.29) is 17.1 Å². The molecule has 1 fully saturated rings. The predicted octanol–water partition coefficient (Wildman–Crippen LogP) is 5.11. The Morgan fingerprint density at radius 2 is 1.33 bits per heavy atom. The van der Waals surface area contributed by atoms with Gasteiger partial charge >= 0.3 is 0 Å². The van der Waals surface area contributed by atoms with Crippen molar-refractivity contribution in [3.8, 4) is 0 Å². The molecule has 0 amide bonds. The fourth-order valence-electron chi connectivity index (χ4n) is 6.19. The normalized spacial score (nSPS) is 19.1. The molecule has 0 unspecified atom stereocenters. The molecule has 2 N–H and O–H groups in total. The Balaban J connectivity index is 1.72. The number of hydrogen-bond donors (Lipinski definition) is 1. The third-order valence-electron chi connectivity index (χ3n) is 8.02. The number of piperidine rings is 1. The summed E-state index contributed by atoms with van der Waals surface area (Å²) in [5.74, 6) is -0.736. The van der Waals surface area contributed by atoms with Crippen LogP contribution in [0, 0.1) is 0 Å². The van der Waals surface area contributed by atoms with Gasteiger partial charge in [0.15, 0.2) is 5.79 Å². The molecule has 4 rings (SSSR count). The lowest BCUT2D eigenvalue weighted by Crippen LogP contribution is -2.67. The van der Waals surface area contributed by atoms with Gasteiger partial charge in [-0.3, -0.25) is 4.90 Å². The Bertz CT molecular complexity index is 1090. The summed E-state index contributed by atoms with van der Waals surface area (Å²) >= 11 is 0. The third-order valence-corrected chi connectivity index (χ3v) is 13.0. The SMILES string of the molecule is CCOC1(OCC)CCN([C@@H](CO[Si](c2ccccc2)(c2ccccc2)C(C)(C)C)c2ccccc2)C[C@@H]1N. The van der Waals surface area contributed by atoms with E-state index in [2.05, 4.69) is 117 Å². The first-order valence-corrected chi connectivity index (χ1v) is 16.3. The fourth-order valence-corrected chi connectivity index (χ4v) is 10.8. The van der Waals surface area contributed by atoms with Crippen molar-refractivity contribution in [2.24, 2.45) is 5.73 Å². The summed E-state index contributed by atoms with van der Waals surface area (Å²) in [6.07, 6.45) is 0.721. The quantitative estimate of drug-likeness (QED) is 0.268. The molecule has 39 heavy (non-hydrogen) atoms. The van der Waals surface area contributed by atoms with Crippen molar-refractivity contribution in [3.63, 3.8) is 0 Å². The van der Waals surface area contributed by atoms with E-state index in [0.717, 1.165) is 13.0 Å². The minimum Gasteiger partial charge on any atom is -0.405 e. The standard InChI is InChI=1S/C33H46N2O3Si/c1-6-36-33(37-7-2)23-24-35(25-31(33)34)30(27-17-11-8-12-18-27)26-38-39(32(3,4)5,28-19-13-9-14-20-28)29-21-15-10-16-22-29/h8-22,30-31H,6-7,23-26,34H2,1-5H3/t30-,31-/m0/s1. The fraction of sp³-hybridized carbons (Fsp3) is 0.455. The molecule has 0 aromatic heterocycles. The average Bonchev–Trinajstić information content (AvgIpc) is 2.94. The third kappa shape index (κ3) is 6.22. The summed E-state index contributed by atoms with van der Waals surface area (Å²) in [6, 6.07) is 32.2. The maximum atomic E-state index is 7.41. The highest BCUT2D eigenvalue weighted by Gasteiger charge is 2.51. The predicted molar refractivity (Wildman–Crippen MR) is 163 cm³/mol. The van der Waals surface area contributed by atoms with Crippen LogP contribution in [0.5, 0.6) is 0 Å². The molecule has 210 valence electrons. The van der Waals surface area contributed by atoms with E-state index in [0.29, 0.717) is 26.4 Å². The van der Waals surface area contributed by atoms with E-state index in [4.69, 9.17) is 19.6 Å². The van der Waals surface area contributed by atoms with Crippen LogP contribution in [-0.4, -0.2) is 58.0 Å². The number of nitrogens with zero attached hydrogens (tertiary/aromatic N) is 1. The molecule has 0 spiro atoms. The van der Waals surface area contributed by atoms with Gasteiger partial charge in [-0.25, -0.2) is 0 Å². The van der Waals surface area contributed by atoms with Crippen LogP contribution in [0.4, 0.5) is 0 Å². The van der Waals surface area contributed by atoms with Gasteiger partial charge in [0.2, 0.25) is 0 Å². The van der Waals surface area contributed by atoms with Gasteiger partial charge in [0.05, 0.1) is 18.7 Å². The summed E-state index contributed by atoms with van der Waals surface area (Å²) in [4.78, 5) is 2.47. The molecule has 0 aliphatic carbocycles. The molecule has 1 saturated heterocycles. The van der Waals surface area contributed by atoms with Gasteiger partial charge in [-0.2, -0.15) is 0 Å². The van der Waals surface area contributed by atoms with Crippen molar-refractivity contribution in [2.75, 3.05) is 32.9 Å². The second-order valence-electron chi connectivity index (χ2n) is 11.4. The highest BCUT2D eigenvalue weighted by molar-refractivity contribution is 6.99. The highest BCUT2D eigenvalue weighted by Crippen LogP contribution is 2.39. The zero-order valence-electron chi connectivity index (χ0n) is 24.3. The van der Waals surface area contributed by atoms with Crippen LogP contribution >= 0.6 is 0 Å². The van der Waals surface area contributed by atoms with Gasteiger partial charge in [-0.05, 0) is 34.8 Å². The zero-order valence-corrected chi connectivity index (χ0v) is 25.3. The van der Waals surface area contributed by atoms with E-state index in [1.807, 2.05) is 13.8 Å². The number of nitrogens with two attached hydrogens (primary N) is 1. The van der Waals surface area contributed by atoms with Gasteiger partial charge in [0.25, 0.3) is 8.32 Å². The van der Waals surface area contributed by atoms with Crippen LogP contribution in [0.2, 0.25) is 5.04 Å². The van der Waals surface area contributed by atoms with Gasteiger partial charge in [-0.1, -0.05) is 112 Å². The second kappa shape index (κ2) is 12.9. The van der Waals surface area contributed by atoms with E-state index in [1.54, 1.807) is 0 Å². The van der Waals surface area contributed by atoms with Crippen molar-refractivity contribution in [1.29, 1.82) is 0 Å². The Labute approximate surface area is 236 Å². The number of benzene rings is 3. The van der Waals surface area contributed by atoms with Crippen molar-refractivity contribution in [2.45, 2.75) is 63.9 Å². The lowest BCUT2D eigenvalue weighted by atomic mass is 9.95. The van der Waals surface area contributed by atoms with Gasteiger partial charge in [0.1, 0.15) is 0 Å². The van der Waals surface area contributed by atoms with E-state index >= 15 is 0 Å². The monoisotopic (exact) mass is 546 g/mol. The number of rotatable bonds is 11. The molecule has 1 aliphatic heterocycles. The first-order chi connectivity index (χ1) is 18.8. The molecule has 6 heteroatoms. The van der Waals surface area contributed by atoms with Crippen molar-refractivity contribution in [3.05, 3.63) is 96.6 Å². The maximum Gasteiger partial charge on any atom is 0.261 e. The molecule has 2 atom stereocenters. The minimum absolute atomic E-state index is 0.0557. The van der Waals surface area contributed by atoms with Gasteiger partial charge in [0, 0.05) is 32.7 Å². The summed E-state index contributed by atoms with van der Waals surface area (Å²) in [6.45, 7) is 14.2. The smallest absolute Gasteiger partial charge is 0.261 e. The molecular weight excluding hydrogens is 500 g/mol. The molecule has 3 aromatic rings. The van der Waals surface area contributed by atoms with Crippen LogP contribution < -0.4 is 16.1 Å². The van der Waals surface area contributed by atoms with Crippen molar-refractivity contribution < 1.29 is 13.9 Å². The maximum absolute atomic E-state index is 7.41. The molecule has 5 nitrogen and oxygen atoms in total. The lowest BCUT2D eigenvalue weighted by Gasteiger charge is -2.49. The van der Waals surface area contributed by atoms with Gasteiger partial charge in [-0.15, -0.1) is 0 Å². The first kappa shape index (κ1) is 29.7. The van der Waals surface area contributed by atoms with E-state index in [9.17, 15) is 0 Å². The molecule has 0 saturated carbocycles. The highest BCUT2D eigenvalue weighted by atomic mass is 28.4. The summed E-state index contributed by atoms with van der Waals surface area (Å²) < 4.78 is 19.7. The molecule has 1 heterocycles. The van der Waals surface area contributed by atoms with Crippen LogP contribution in [0.25, 0.3) is 0 Å². The summed E-state index contributed by atoms with van der Waals surface area (Å²) in [7, 11) is -2.69. The van der Waals surface area contributed by atoms with Crippen LogP contribution in [0.15, 0.2) is 91.0 Å². The topological polar surface area (TPSA) is 57.0 Å². The number of hydrogen-bond acceptors (Lipinski definition) is 5. The Morgan fingerprint density at radius 3 is 1.77 bits per heavy atom. The molecule has 3 aromatic carbocycles. The van der Waals surface area contributed by atoms with Crippen molar-refractivity contribution >= 4 is 18.7 Å². The molecule has 1 aliphatic rings. The first-order valence-electron chi connectivity index (χ1n) is 14.3. The second-order valence-corrected chi connectivity index (χ2v) is 15.7. The summed E-state index contributed by atoms with van der Waals surface area (Å²) in [5, 5.41) is 2.49. The van der Waals surface area contributed by atoms with Crippen LogP contribution in [-0.2, 0) is 13.9 Å². The zero-order chi connectivity index (χ0) is 27.9.